The van der Waals surface area contributed by atoms with Crippen LogP contribution in [0.25, 0.3) is 0 Å². The Kier molecular flexibility index (Phi) is 3.69. The summed E-state index contributed by atoms with van der Waals surface area (Å²) in [6.07, 6.45) is 4.87. The molecule has 2 N–H and O–H groups in total. The first-order valence-corrected chi connectivity index (χ1v) is 6.44. The van der Waals surface area contributed by atoms with E-state index in [-0.39, 0.29) is 5.54 Å². The van der Waals surface area contributed by atoms with Crippen LogP contribution in [0.3, 0.4) is 0 Å². The average Bonchev–Trinajstić information content (AvgIpc) is 2.62. The highest BCUT2D eigenvalue weighted by atomic mass is 15.2. The molecule has 0 radical (unpaired) electrons. The van der Waals surface area contributed by atoms with Crippen molar-refractivity contribution in [2.45, 2.75) is 24.9 Å². The van der Waals surface area contributed by atoms with Crippen LogP contribution >= 0.6 is 0 Å². The first-order valence-electron chi connectivity index (χ1n) is 6.44. The second kappa shape index (κ2) is 5.09. The van der Waals surface area contributed by atoms with E-state index >= 15 is 0 Å². The lowest BCUT2D eigenvalue weighted by molar-refractivity contribution is 0.170. The van der Waals surface area contributed by atoms with Gasteiger partial charge in [0.05, 0.1) is 5.54 Å². The van der Waals surface area contributed by atoms with Crippen molar-refractivity contribution >= 4 is 0 Å². The second-order valence-corrected chi connectivity index (χ2v) is 5.19. The zero-order valence-corrected chi connectivity index (χ0v) is 11.1. The molecule has 0 bridgehead atoms. The van der Waals surface area contributed by atoms with Gasteiger partial charge < -0.3 is 5.73 Å². The van der Waals surface area contributed by atoms with Gasteiger partial charge in [-0.05, 0) is 24.5 Å². The standard InChI is InChI=1S/C16H22N2/c1-4-10-18(11-5-2)15-12-13-8-6-7-9-14(13)16(15,3)17/h4-9,15H,1-2,10-12,17H2,3H3. The highest BCUT2D eigenvalue weighted by molar-refractivity contribution is 5.41. The number of benzene rings is 1. The van der Waals surface area contributed by atoms with Crippen molar-refractivity contribution < 1.29 is 0 Å². The Morgan fingerprint density at radius 1 is 1.33 bits per heavy atom. The van der Waals surface area contributed by atoms with Crippen LogP contribution in [0.4, 0.5) is 0 Å². The van der Waals surface area contributed by atoms with Crippen molar-refractivity contribution in [2.24, 2.45) is 5.73 Å². The highest BCUT2D eigenvalue weighted by Gasteiger charge is 2.42. The summed E-state index contributed by atoms with van der Waals surface area (Å²) in [7, 11) is 0. The molecule has 2 nitrogen and oxygen atoms in total. The molecule has 0 fully saturated rings. The maximum Gasteiger partial charge on any atom is 0.0544 e. The topological polar surface area (TPSA) is 29.3 Å². The zero-order chi connectivity index (χ0) is 13.2. The fourth-order valence-corrected chi connectivity index (χ4v) is 2.99. The molecule has 2 heteroatoms. The summed E-state index contributed by atoms with van der Waals surface area (Å²) < 4.78 is 0. The molecule has 18 heavy (non-hydrogen) atoms. The number of hydrogen-bond donors (Lipinski definition) is 1. The van der Waals surface area contributed by atoms with Crippen LogP contribution in [0.15, 0.2) is 49.6 Å². The largest absolute Gasteiger partial charge is 0.320 e. The molecule has 1 aliphatic carbocycles. The summed E-state index contributed by atoms with van der Waals surface area (Å²) in [6, 6.07) is 8.79. The number of nitrogens with two attached hydrogens (primary N) is 1. The van der Waals surface area contributed by atoms with Gasteiger partial charge in [0.2, 0.25) is 0 Å². The summed E-state index contributed by atoms with van der Waals surface area (Å²) in [5, 5.41) is 0. The highest BCUT2D eigenvalue weighted by Crippen LogP contribution is 2.37. The zero-order valence-electron chi connectivity index (χ0n) is 11.1. The number of nitrogens with zero attached hydrogens (tertiary/aromatic N) is 1. The Hall–Kier alpha value is -1.38. The third-order valence-corrected chi connectivity index (χ3v) is 3.87. The third kappa shape index (κ3) is 2.14. The predicted molar refractivity (Wildman–Crippen MR) is 77.4 cm³/mol. The predicted octanol–water partition coefficient (Wildman–Crippen LogP) is 2.46. The lowest BCUT2D eigenvalue weighted by atomic mass is 9.91. The van der Waals surface area contributed by atoms with E-state index in [9.17, 15) is 0 Å². The van der Waals surface area contributed by atoms with Crippen molar-refractivity contribution in [1.82, 2.24) is 4.90 Å². The summed E-state index contributed by atoms with van der Waals surface area (Å²) in [5.41, 5.74) is 8.92. The lowest BCUT2D eigenvalue weighted by Crippen LogP contribution is -2.52. The Morgan fingerprint density at radius 2 is 1.94 bits per heavy atom. The molecular weight excluding hydrogens is 220 g/mol. The molecule has 0 heterocycles. The van der Waals surface area contributed by atoms with Gasteiger partial charge in [0, 0.05) is 19.1 Å². The average molecular weight is 242 g/mol. The van der Waals surface area contributed by atoms with E-state index in [4.69, 9.17) is 5.73 Å². The van der Waals surface area contributed by atoms with E-state index in [0.717, 1.165) is 19.5 Å². The Morgan fingerprint density at radius 3 is 2.50 bits per heavy atom. The monoisotopic (exact) mass is 242 g/mol. The molecule has 0 saturated carbocycles. The van der Waals surface area contributed by atoms with Crippen LogP contribution in [0.2, 0.25) is 0 Å². The van der Waals surface area contributed by atoms with Crippen molar-refractivity contribution in [3.8, 4) is 0 Å². The van der Waals surface area contributed by atoms with Crippen LogP contribution in [0, 0.1) is 0 Å². The molecule has 0 spiro atoms. The van der Waals surface area contributed by atoms with Gasteiger partial charge in [-0.2, -0.15) is 0 Å². The molecule has 0 amide bonds. The van der Waals surface area contributed by atoms with Gasteiger partial charge in [0.1, 0.15) is 0 Å². The molecule has 0 aliphatic heterocycles. The lowest BCUT2D eigenvalue weighted by Gasteiger charge is -2.36. The summed E-state index contributed by atoms with van der Waals surface area (Å²) in [6.45, 7) is 11.5. The molecule has 96 valence electrons. The van der Waals surface area contributed by atoms with Crippen molar-refractivity contribution in [3.05, 3.63) is 60.7 Å². The first-order chi connectivity index (χ1) is 8.61. The first kappa shape index (κ1) is 13.1. The Labute approximate surface area is 110 Å². The summed E-state index contributed by atoms with van der Waals surface area (Å²) in [4.78, 5) is 2.35. The normalized spacial score (nSPS) is 26.1. The van der Waals surface area contributed by atoms with Crippen molar-refractivity contribution in [2.75, 3.05) is 13.1 Å². The SMILES string of the molecule is C=CCN(CC=C)C1Cc2ccccc2C1(C)N. The van der Waals surface area contributed by atoms with Crippen molar-refractivity contribution in [1.29, 1.82) is 0 Å². The molecule has 1 aliphatic rings. The van der Waals surface area contributed by atoms with E-state index < -0.39 is 0 Å². The summed E-state index contributed by atoms with van der Waals surface area (Å²) in [5.74, 6) is 0. The van der Waals surface area contributed by atoms with E-state index in [1.165, 1.54) is 11.1 Å². The Balaban J connectivity index is 2.31. The Bertz CT molecular complexity index is 438. The van der Waals surface area contributed by atoms with Crippen molar-refractivity contribution in [3.63, 3.8) is 0 Å². The molecule has 2 atom stereocenters. The minimum Gasteiger partial charge on any atom is -0.320 e. The second-order valence-electron chi connectivity index (χ2n) is 5.19. The molecule has 1 aromatic rings. The fourth-order valence-electron chi connectivity index (χ4n) is 2.99. The van der Waals surface area contributed by atoms with Gasteiger partial charge in [-0.3, -0.25) is 4.90 Å². The van der Waals surface area contributed by atoms with Crippen LogP contribution < -0.4 is 5.73 Å². The van der Waals surface area contributed by atoms with E-state index in [0.29, 0.717) is 6.04 Å². The molecule has 1 aromatic carbocycles. The molecule has 0 saturated heterocycles. The molecule has 2 rings (SSSR count). The molecular formula is C16H22N2. The number of rotatable bonds is 5. The smallest absolute Gasteiger partial charge is 0.0544 e. The van der Waals surface area contributed by atoms with E-state index in [2.05, 4.69) is 49.2 Å². The van der Waals surface area contributed by atoms with Gasteiger partial charge in [-0.25, -0.2) is 0 Å². The van der Waals surface area contributed by atoms with Crippen LogP contribution in [-0.2, 0) is 12.0 Å². The van der Waals surface area contributed by atoms with Crippen LogP contribution in [0.1, 0.15) is 18.1 Å². The van der Waals surface area contributed by atoms with Crippen LogP contribution in [0.5, 0.6) is 0 Å². The molecule has 0 aromatic heterocycles. The maximum absolute atomic E-state index is 6.58. The summed E-state index contributed by atoms with van der Waals surface area (Å²) >= 11 is 0. The quantitative estimate of drug-likeness (QED) is 0.804. The van der Waals surface area contributed by atoms with Gasteiger partial charge >= 0.3 is 0 Å². The van der Waals surface area contributed by atoms with E-state index in [1.54, 1.807) is 0 Å². The minimum atomic E-state index is -0.303. The third-order valence-electron chi connectivity index (χ3n) is 3.87. The van der Waals surface area contributed by atoms with Crippen LogP contribution in [-0.4, -0.2) is 24.0 Å². The molecule has 2 unspecified atom stereocenters. The number of hydrogen-bond acceptors (Lipinski definition) is 2. The van der Waals surface area contributed by atoms with Gasteiger partial charge in [0.25, 0.3) is 0 Å². The van der Waals surface area contributed by atoms with Gasteiger partial charge in [-0.1, -0.05) is 36.4 Å². The minimum absolute atomic E-state index is 0.303. The van der Waals surface area contributed by atoms with E-state index in [1.807, 2.05) is 12.2 Å². The maximum atomic E-state index is 6.58. The number of fused-ring (bicyclic) bond motifs is 1. The fraction of sp³-hybridized carbons (Fsp3) is 0.375. The van der Waals surface area contributed by atoms with Gasteiger partial charge in [-0.15, -0.1) is 13.2 Å². The van der Waals surface area contributed by atoms with Gasteiger partial charge in [0.15, 0.2) is 0 Å².